The average Bonchev–Trinajstić information content (AvgIpc) is 2.99. The van der Waals surface area contributed by atoms with E-state index in [9.17, 15) is 0 Å². The molecule has 0 unspecified atom stereocenters. The summed E-state index contributed by atoms with van der Waals surface area (Å²) in [7, 11) is 0. The second-order valence-electron chi connectivity index (χ2n) is 3.44. The Morgan fingerprint density at radius 3 is 3.08 bits per heavy atom. The Bertz CT molecular complexity index is 284. The zero-order valence-electron chi connectivity index (χ0n) is 7.57. The second kappa shape index (κ2) is 3.75. The van der Waals surface area contributed by atoms with Crippen LogP contribution in [-0.2, 0) is 6.54 Å². The maximum Gasteiger partial charge on any atom is 0.122 e. The Morgan fingerprint density at radius 2 is 2.38 bits per heavy atom. The van der Waals surface area contributed by atoms with Crippen LogP contribution in [0.2, 0.25) is 0 Å². The van der Waals surface area contributed by atoms with Crippen LogP contribution in [0, 0.1) is 5.92 Å². The van der Waals surface area contributed by atoms with Gasteiger partial charge in [0, 0.05) is 18.8 Å². The summed E-state index contributed by atoms with van der Waals surface area (Å²) in [6.45, 7) is 1.31. The first-order chi connectivity index (χ1) is 6.38. The maximum absolute atomic E-state index is 5.58. The summed E-state index contributed by atoms with van der Waals surface area (Å²) in [4.78, 5) is 4.10. The van der Waals surface area contributed by atoms with Crippen LogP contribution in [0.25, 0.3) is 0 Å². The Kier molecular flexibility index (Phi) is 2.45. The van der Waals surface area contributed by atoms with Crippen molar-refractivity contribution in [1.82, 2.24) is 4.98 Å². The lowest BCUT2D eigenvalue weighted by molar-refractivity contribution is 0.299. The topological polar surface area (TPSA) is 48.1 Å². The third kappa shape index (κ3) is 2.42. The van der Waals surface area contributed by atoms with Crippen molar-refractivity contribution in [2.24, 2.45) is 11.7 Å². The van der Waals surface area contributed by atoms with Crippen LogP contribution in [0.1, 0.15) is 18.5 Å². The number of nitrogens with zero attached hydrogens (tertiary/aromatic N) is 1. The molecule has 1 aliphatic carbocycles. The Labute approximate surface area is 77.9 Å². The lowest BCUT2D eigenvalue weighted by Crippen LogP contribution is -2.02. The Hall–Kier alpha value is -1.09. The minimum atomic E-state index is 0.473. The van der Waals surface area contributed by atoms with Gasteiger partial charge in [0.05, 0.1) is 12.3 Å². The molecule has 0 aliphatic heterocycles. The first kappa shape index (κ1) is 8.51. The zero-order chi connectivity index (χ0) is 9.10. The van der Waals surface area contributed by atoms with Gasteiger partial charge >= 0.3 is 0 Å². The van der Waals surface area contributed by atoms with Gasteiger partial charge in [-0.3, -0.25) is 4.98 Å². The van der Waals surface area contributed by atoms with Gasteiger partial charge in [0.1, 0.15) is 5.75 Å². The molecule has 0 bridgehead atoms. The van der Waals surface area contributed by atoms with E-state index in [4.69, 9.17) is 10.5 Å². The summed E-state index contributed by atoms with van der Waals surface area (Å²) >= 11 is 0. The van der Waals surface area contributed by atoms with E-state index < -0.39 is 0 Å². The fourth-order valence-electron chi connectivity index (χ4n) is 1.16. The Morgan fingerprint density at radius 1 is 1.54 bits per heavy atom. The molecule has 1 aliphatic rings. The fraction of sp³-hybridized carbons (Fsp3) is 0.500. The van der Waals surface area contributed by atoms with Gasteiger partial charge in [0.25, 0.3) is 0 Å². The molecule has 13 heavy (non-hydrogen) atoms. The molecule has 1 heterocycles. The number of hydrogen-bond acceptors (Lipinski definition) is 3. The number of ether oxygens (including phenoxy) is 1. The standard InChI is InChI=1S/C10H14N2O/c11-6-9-5-10(3-4-12-9)13-7-8-1-2-8/h3-5,8H,1-2,6-7,11H2. The molecule has 70 valence electrons. The highest BCUT2D eigenvalue weighted by molar-refractivity contribution is 5.22. The van der Waals surface area contributed by atoms with E-state index in [2.05, 4.69) is 4.98 Å². The van der Waals surface area contributed by atoms with Crippen molar-refractivity contribution in [1.29, 1.82) is 0 Å². The first-order valence-electron chi connectivity index (χ1n) is 4.66. The molecule has 1 aromatic heterocycles. The third-order valence-electron chi connectivity index (χ3n) is 2.18. The van der Waals surface area contributed by atoms with E-state index >= 15 is 0 Å². The van der Waals surface area contributed by atoms with Crippen LogP contribution in [0.4, 0.5) is 0 Å². The molecule has 0 saturated heterocycles. The number of nitrogens with two attached hydrogens (primary N) is 1. The number of rotatable bonds is 4. The summed E-state index contributed by atoms with van der Waals surface area (Å²) in [5, 5.41) is 0. The van der Waals surface area contributed by atoms with Crippen molar-refractivity contribution >= 4 is 0 Å². The quantitative estimate of drug-likeness (QED) is 0.756. The van der Waals surface area contributed by atoms with Gasteiger partial charge in [-0.1, -0.05) is 0 Å². The van der Waals surface area contributed by atoms with Crippen molar-refractivity contribution in [3.63, 3.8) is 0 Å². The van der Waals surface area contributed by atoms with Crippen molar-refractivity contribution in [3.05, 3.63) is 24.0 Å². The van der Waals surface area contributed by atoms with Gasteiger partial charge in [-0.05, 0) is 24.8 Å². The molecule has 1 saturated carbocycles. The normalized spacial score (nSPS) is 15.8. The molecule has 3 heteroatoms. The van der Waals surface area contributed by atoms with E-state index in [0.717, 1.165) is 24.0 Å². The van der Waals surface area contributed by atoms with Crippen LogP contribution in [0.5, 0.6) is 5.75 Å². The predicted octanol–water partition coefficient (Wildman–Crippen LogP) is 1.33. The molecule has 3 nitrogen and oxygen atoms in total. The molecule has 2 rings (SSSR count). The van der Waals surface area contributed by atoms with Gasteiger partial charge in [0.2, 0.25) is 0 Å². The van der Waals surface area contributed by atoms with Crippen LogP contribution in [0.15, 0.2) is 18.3 Å². The summed E-state index contributed by atoms with van der Waals surface area (Å²) in [5.74, 6) is 1.68. The van der Waals surface area contributed by atoms with E-state index in [-0.39, 0.29) is 0 Å². The van der Waals surface area contributed by atoms with Crippen LogP contribution in [0.3, 0.4) is 0 Å². The van der Waals surface area contributed by atoms with Crippen molar-refractivity contribution < 1.29 is 4.74 Å². The van der Waals surface area contributed by atoms with Crippen molar-refractivity contribution in [2.45, 2.75) is 19.4 Å². The maximum atomic E-state index is 5.58. The van der Waals surface area contributed by atoms with Crippen LogP contribution in [-0.4, -0.2) is 11.6 Å². The van der Waals surface area contributed by atoms with E-state index in [0.29, 0.717) is 6.54 Å². The fourth-order valence-corrected chi connectivity index (χ4v) is 1.16. The molecule has 0 amide bonds. The number of pyridine rings is 1. The molecular formula is C10H14N2O. The van der Waals surface area contributed by atoms with Gasteiger partial charge in [-0.15, -0.1) is 0 Å². The van der Waals surface area contributed by atoms with E-state index in [1.54, 1.807) is 6.20 Å². The largest absolute Gasteiger partial charge is 0.493 e. The van der Waals surface area contributed by atoms with Crippen LogP contribution >= 0.6 is 0 Å². The smallest absolute Gasteiger partial charge is 0.122 e. The minimum absolute atomic E-state index is 0.473. The highest BCUT2D eigenvalue weighted by atomic mass is 16.5. The van der Waals surface area contributed by atoms with Gasteiger partial charge in [-0.25, -0.2) is 0 Å². The highest BCUT2D eigenvalue weighted by Crippen LogP contribution is 2.29. The van der Waals surface area contributed by atoms with E-state index in [1.165, 1.54) is 12.8 Å². The summed E-state index contributed by atoms with van der Waals surface area (Å²) in [5.41, 5.74) is 6.35. The van der Waals surface area contributed by atoms with Crippen molar-refractivity contribution in [3.8, 4) is 5.75 Å². The molecular weight excluding hydrogens is 164 g/mol. The highest BCUT2D eigenvalue weighted by Gasteiger charge is 2.21. The molecule has 0 atom stereocenters. The SMILES string of the molecule is NCc1cc(OCC2CC2)ccn1. The van der Waals surface area contributed by atoms with Gasteiger partial charge < -0.3 is 10.5 Å². The lowest BCUT2D eigenvalue weighted by Gasteiger charge is -2.05. The molecule has 0 aromatic carbocycles. The van der Waals surface area contributed by atoms with Gasteiger partial charge in [-0.2, -0.15) is 0 Å². The van der Waals surface area contributed by atoms with Crippen molar-refractivity contribution in [2.75, 3.05) is 6.61 Å². The average molecular weight is 178 g/mol. The zero-order valence-corrected chi connectivity index (χ0v) is 7.57. The van der Waals surface area contributed by atoms with E-state index in [1.807, 2.05) is 12.1 Å². The van der Waals surface area contributed by atoms with Crippen LogP contribution < -0.4 is 10.5 Å². The molecule has 2 N–H and O–H groups in total. The monoisotopic (exact) mass is 178 g/mol. The third-order valence-corrected chi connectivity index (χ3v) is 2.18. The Balaban J connectivity index is 1.93. The minimum Gasteiger partial charge on any atom is -0.493 e. The summed E-state index contributed by atoms with van der Waals surface area (Å²) < 4.78 is 5.58. The predicted molar refractivity (Wildman–Crippen MR) is 50.3 cm³/mol. The molecule has 1 fully saturated rings. The molecule has 0 radical (unpaired) electrons. The lowest BCUT2D eigenvalue weighted by atomic mass is 10.3. The second-order valence-corrected chi connectivity index (χ2v) is 3.44. The molecule has 1 aromatic rings. The summed E-state index contributed by atoms with van der Waals surface area (Å²) in [6.07, 6.45) is 4.37. The number of hydrogen-bond donors (Lipinski definition) is 1. The first-order valence-corrected chi connectivity index (χ1v) is 4.66. The molecule has 0 spiro atoms. The number of aromatic nitrogens is 1. The summed E-state index contributed by atoms with van der Waals surface area (Å²) in [6, 6.07) is 3.78. The van der Waals surface area contributed by atoms with Gasteiger partial charge in [0.15, 0.2) is 0 Å².